The minimum Gasteiger partial charge on any atom is -0.481 e. The third-order valence-electron chi connectivity index (χ3n) is 4.82. The average Bonchev–Trinajstić information content (AvgIpc) is 2.68. The predicted octanol–water partition coefficient (Wildman–Crippen LogP) is 2.75. The van der Waals surface area contributed by atoms with E-state index in [4.69, 9.17) is 14.2 Å². The Labute approximate surface area is 174 Å². The van der Waals surface area contributed by atoms with Gasteiger partial charge in [-0.25, -0.2) is 14.2 Å². The molecule has 1 fully saturated rings. The van der Waals surface area contributed by atoms with Crippen molar-refractivity contribution in [2.75, 3.05) is 13.7 Å². The largest absolute Gasteiger partial charge is 0.481 e. The molecule has 30 heavy (non-hydrogen) atoms. The molecule has 0 saturated carbocycles. The van der Waals surface area contributed by atoms with E-state index >= 15 is 0 Å². The van der Waals surface area contributed by atoms with E-state index in [2.05, 4.69) is 15.3 Å². The van der Waals surface area contributed by atoms with Crippen LogP contribution in [0.5, 0.6) is 5.88 Å². The van der Waals surface area contributed by atoms with E-state index in [1.807, 2.05) is 0 Å². The van der Waals surface area contributed by atoms with E-state index < -0.39 is 29.7 Å². The molecular weight excluding hydrogens is 393 g/mol. The Morgan fingerprint density at radius 1 is 1.40 bits per heavy atom. The lowest BCUT2D eigenvalue weighted by Crippen LogP contribution is -2.47. The van der Waals surface area contributed by atoms with Gasteiger partial charge >= 0.3 is 6.09 Å². The molecule has 1 amide bonds. The number of carbonyl (C=O) groups is 1. The van der Waals surface area contributed by atoms with Gasteiger partial charge in [0.2, 0.25) is 5.88 Å². The van der Waals surface area contributed by atoms with Crippen LogP contribution in [0.25, 0.3) is 11.0 Å². The Kier molecular flexibility index (Phi) is 6.72. The van der Waals surface area contributed by atoms with Gasteiger partial charge in [-0.3, -0.25) is 4.98 Å². The normalized spacial score (nSPS) is 20.6. The minimum absolute atomic E-state index is 0.0276. The highest BCUT2D eigenvalue weighted by Gasteiger charge is 2.30. The third kappa shape index (κ3) is 5.54. The molecule has 3 atom stereocenters. The Morgan fingerprint density at radius 2 is 2.17 bits per heavy atom. The average molecular weight is 421 g/mol. The van der Waals surface area contributed by atoms with Crippen molar-refractivity contribution in [3.05, 3.63) is 29.7 Å². The maximum Gasteiger partial charge on any atom is 0.407 e. The van der Waals surface area contributed by atoms with Gasteiger partial charge in [0.1, 0.15) is 11.4 Å². The van der Waals surface area contributed by atoms with Crippen LogP contribution < -0.4 is 10.1 Å². The number of ether oxygens (including phenoxy) is 3. The van der Waals surface area contributed by atoms with Gasteiger partial charge in [0.05, 0.1) is 49.2 Å². The van der Waals surface area contributed by atoms with E-state index in [0.717, 1.165) is 6.20 Å². The fraction of sp³-hybridized carbons (Fsp3) is 0.571. The van der Waals surface area contributed by atoms with E-state index in [-0.39, 0.29) is 24.6 Å². The molecule has 3 unspecified atom stereocenters. The topological polar surface area (TPSA) is 103 Å². The van der Waals surface area contributed by atoms with E-state index in [1.54, 1.807) is 32.9 Å². The molecular formula is C21H28FN3O5. The molecule has 164 valence electrons. The monoisotopic (exact) mass is 421 g/mol. The number of fused-ring (bicyclic) bond motifs is 1. The molecule has 3 rings (SSSR count). The number of methoxy groups -OCH3 is 1. The molecule has 0 radical (unpaired) electrons. The predicted molar refractivity (Wildman–Crippen MR) is 108 cm³/mol. The molecule has 2 aromatic heterocycles. The fourth-order valence-corrected chi connectivity index (χ4v) is 3.39. The van der Waals surface area contributed by atoms with E-state index in [9.17, 15) is 14.3 Å². The van der Waals surface area contributed by atoms with Crippen LogP contribution in [-0.2, 0) is 15.9 Å². The number of pyridine rings is 2. The molecule has 3 heterocycles. The van der Waals surface area contributed by atoms with Crippen molar-refractivity contribution < 1.29 is 28.5 Å². The van der Waals surface area contributed by atoms with Crippen LogP contribution in [0.1, 0.15) is 39.2 Å². The van der Waals surface area contributed by atoms with Gasteiger partial charge in [-0.1, -0.05) is 0 Å². The molecule has 0 spiro atoms. The minimum atomic E-state index is -0.930. The summed E-state index contributed by atoms with van der Waals surface area (Å²) in [4.78, 5) is 20.2. The van der Waals surface area contributed by atoms with Crippen LogP contribution in [0.3, 0.4) is 0 Å². The first-order valence-corrected chi connectivity index (χ1v) is 9.93. The molecule has 1 aliphatic heterocycles. The zero-order chi connectivity index (χ0) is 21.9. The molecule has 2 N–H and O–H groups in total. The van der Waals surface area contributed by atoms with Gasteiger partial charge in [0.25, 0.3) is 0 Å². The van der Waals surface area contributed by atoms with Crippen LogP contribution in [-0.4, -0.2) is 58.7 Å². The Bertz CT molecular complexity index is 894. The van der Waals surface area contributed by atoms with Gasteiger partial charge in [0, 0.05) is 18.1 Å². The molecule has 0 aliphatic carbocycles. The van der Waals surface area contributed by atoms with Crippen LogP contribution in [0.2, 0.25) is 0 Å². The third-order valence-corrected chi connectivity index (χ3v) is 4.82. The number of hydrogen-bond acceptors (Lipinski definition) is 7. The van der Waals surface area contributed by atoms with Crippen molar-refractivity contribution >= 4 is 17.1 Å². The molecule has 0 aromatic carbocycles. The number of nitrogens with one attached hydrogen (secondary N) is 1. The number of aliphatic hydroxyl groups is 1. The second-order valence-electron chi connectivity index (χ2n) is 8.37. The maximum absolute atomic E-state index is 14.5. The number of rotatable bonds is 5. The van der Waals surface area contributed by atoms with E-state index in [0.29, 0.717) is 29.8 Å². The summed E-state index contributed by atoms with van der Waals surface area (Å²) in [7, 11) is 1.48. The zero-order valence-electron chi connectivity index (χ0n) is 17.6. The first-order chi connectivity index (χ1) is 14.2. The van der Waals surface area contributed by atoms with Gasteiger partial charge in [-0.05, 0) is 39.7 Å². The van der Waals surface area contributed by atoms with Crippen molar-refractivity contribution in [3.8, 4) is 5.88 Å². The number of aliphatic hydroxyl groups excluding tert-OH is 1. The van der Waals surface area contributed by atoms with E-state index in [1.165, 1.54) is 7.11 Å². The quantitative estimate of drug-likeness (QED) is 0.765. The van der Waals surface area contributed by atoms with Gasteiger partial charge < -0.3 is 24.6 Å². The molecule has 1 aliphatic rings. The fourth-order valence-electron chi connectivity index (χ4n) is 3.39. The molecule has 0 bridgehead atoms. The lowest BCUT2D eigenvalue weighted by molar-refractivity contribution is -0.0720. The number of hydrogen-bond donors (Lipinski definition) is 2. The zero-order valence-corrected chi connectivity index (χ0v) is 17.6. The lowest BCUT2D eigenvalue weighted by atomic mass is 9.96. The van der Waals surface area contributed by atoms with Crippen molar-refractivity contribution in [1.29, 1.82) is 0 Å². The van der Waals surface area contributed by atoms with Crippen LogP contribution in [0.4, 0.5) is 9.18 Å². The molecule has 9 heteroatoms. The van der Waals surface area contributed by atoms with Gasteiger partial charge in [-0.2, -0.15) is 0 Å². The highest BCUT2D eigenvalue weighted by molar-refractivity contribution is 5.78. The summed E-state index contributed by atoms with van der Waals surface area (Å²) in [6, 6.07) is 3.14. The number of aromatic nitrogens is 2. The number of halogens is 1. The number of alkyl carbamates (subject to hydrolysis) is 1. The standard InChI is InChI=1S/C21H28FN3O5/c1-21(2,3)30-20(27)24-12-5-7-17(29-11-12)16(26)9-13-14(22)10-23-15-6-8-18(28-4)25-19(13)15/h6,8,10,12,16-17,26H,5,7,9,11H2,1-4H3,(H,24,27). The summed E-state index contributed by atoms with van der Waals surface area (Å²) < 4.78 is 30.6. The summed E-state index contributed by atoms with van der Waals surface area (Å²) in [5.74, 6) is -0.196. The number of amides is 1. The van der Waals surface area contributed by atoms with Crippen LogP contribution >= 0.6 is 0 Å². The summed E-state index contributed by atoms with van der Waals surface area (Å²) >= 11 is 0. The number of carbonyl (C=O) groups excluding carboxylic acids is 1. The van der Waals surface area contributed by atoms with Crippen molar-refractivity contribution in [1.82, 2.24) is 15.3 Å². The first-order valence-electron chi connectivity index (χ1n) is 9.93. The highest BCUT2D eigenvalue weighted by atomic mass is 19.1. The smallest absolute Gasteiger partial charge is 0.407 e. The number of nitrogens with zero attached hydrogens (tertiary/aromatic N) is 2. The summed E-state index contributed by atoms with van der Waals surface area (Å²) in [6.07, 6.45) is 0.382. The summed E-state index contributed by atoms with van der Waals surface area (Å²) in [6.45, 7) is 5.63. The molecule has 1 saturated heterocycles. The molecule has 8 nitrogen and oxygen atoms in total. The summed E-state index contributed by atoms with van der Waals surface area (Å²) in [5, 5.41) is 13.4. The highest BCUT2D eigenvalue weighted by Crippen LogP contribution is 2.25. The Hall–Kier alpha value is -2.52. The Morgan fingerprint density at radius 3 is 2.80 bits per heavy atom. The van der Waals surface area contributed by atoms with Crippen LogP contribution in [0.15, 0.2) is 18.3 Å². The van der Waals surface area contributed by atoms with Gasteiger partial charge in [-0.15, -0.1) is 0 Å². The first kappa shape index (κ1) is 22.2. The van der Waals surface area contributed by atoms with Crippen molar-refractivity contribution in [2.24, 2.45) is 0 Å². The second kappa shape index (κ2) is 9.09. The molecule has 2 aromatic rings. The van der Waals surface area contributed by atoms with Gasteiger partial charge in [0.15, 0.2) is 0 Å². The van der Waals surface area contributed by atoms with Crippen molar-refractivity contribution in [2.45, 2.75) is 63.9 Å². The SMILES string of the molecule is COc1ccc2ncc(F)c(CC(O)C3CCC(NC(=O)OC(C)(C)C)CO3)c2n1. The van der Waals surface area contributed by atoms with Crippen molar-refractivity contribution in [3.63, 3.8) is 0 Å². The lowest BCUT2D eigenvalue weighted by Gasteiger charge is -2.32. The van der Waals surface area contributed by atoms with Crippen LogP contribution in [0, 0.1) is 5.82 Å². The maximum atomic E-state index is 14.5. The summed E-state index contributed by atoms with van der Waals surface area (Å²) in [5.41, 5.74) is 0.565. The second-order valence-corrected chi connectivity index (χ2v) is 8.37. The Balaban J connectivity index is 1.62.